The predicted molar refractivity (Wildman–Crippen MR) is 69.9 cm³/mol. The summed E-state index contributed by atoms with van der Waals surface area (Å²) < 4.78 is 12.9. The topological polar surface area (TPSA) is 24.4 Å². The van der Waals surface area contributed by atoms with E-state index >= 15 is 0 Å². The van der Waals surface area contributed by atoms with Crippen LogP contribution in [0.2, 0.25) is 0 Å². The lowest BCUT2D eigenvalue weighted by Crippen LogP contribution is -2.39. The van der Waals surface area contributed by atoms with Crippen LogP contribution >= 0.6 is 12.2 Å². The number of aliphatic imine (C=N–C) groups is 1. The Morgan fingerprint density at radius 3 is 2.47 bits per heavy atom. The molecular weight excluding hydrogens is 235 g/mol. The second-order valence-corrected chi connectivity index (χ2v) is 5.07. The second kappa shape index (κ2) is 3.88. The Morgan fingerprint density at radius 2 is 1.82 bits per heavy atom. The molecule has 0 radical (unpaired) electrons. The average molecular weight is 248 g/mol. The molecule has 88 valence electrons. The Morgan fingerprint density at radius 1 is 1.18 bits per heavy atom. The van der Waals surface area contributed by atoms with Crippen LogP contribution in [0.15, 0.2) is 29.3 Å². The van der Waals surface area contributed by atoms with E-state index < -0.39 is 0 Å². The normalized spacial score (nSPS) is 21.7. The lowest BCUT2D eigenvalue weighted by molar-refractivity contribution is 0.426. The zero-order valence-electron chi connectivity index (χ0n) is 9.37. The van der Waals surface area contributed by atoms with Crippen molar-refractivity contribution in [1.82, 2.24) is 5.32 Å². The first-order chi connectivity index (χ1) is 8.19. The average Bonchev–Trinajstić information content (AvgIpc) is 2.88. The summed E-state index contributed by atoms with van der Waals surface area (Å²) in [7, 11) is 0. The maximum absolute atomic E-state index is 12.9. The first kappa shape index (κ1) is 10.8. The molecule has 1 aliphatic carbocycles. The highest BCUT2D eigenvalue weighted by atomic mass is 32.1. The monoisotopic (exact) mass is 248 g/mol. The summed E-state index contributed by atoms with van der Waals surface area (Å²) in [5.74, 6) is -0.234. The van der Waals surface area contributed by atoms with E-state index in [1.807, 2.05) is 0 Å². The van der Waals surface area contributed by atoms with Gasteiger partial charge >= 0.3 is 0 Å². The van der Waals surface area contributed by atoms with Gasteiger partial charge in [0.25, 0.3) is 0 Å². The van der Waals surface area contributed by atoms with Crippen LogP contribution < -0.4 is 5.32 Å². The predicted octanol–water partition coefficient (Wildman–Crippen LogP) is 2.82. The van der Waals surface area contributed by atoms with Crippen molar-refractivity contribution >= 4 is 22.9 Å². The van der Waals surface area contributed by atoms with E-state index in [0.29, 0.717) is 4.99 Å². The molecule has 0 unspecified atom stereocenters. The van der Waals surface area contributed by atoms with Crippen molar-refractivity contribution in [3.63, 3.8) is 0 Å². The third kappa shape index (κ3) is 1.86. The first-order valence-corrected chi connectivity index (χ1v) is 6.28. The Kier molecular flexibility index (Phi) is 2.47. The zero-order chi connectivity index (χ0) is 11.9. The van der Waals surface area contributed by atoms with E-state index in [1.54, 1.807) is 12.1 Å². The zero-order valence-corrected chi connectivity index (χ0v) is 10.2. The number of hydrogen-bond acceptors (Lipinski definition) is 2. The van der Waals surface area contributed by atoms with Crippen molar-refractivity contribution in [3.8, 4) is 0 Å². The summed E-state index contributed by atoms with van der Waals surface area (Å²) in [5, 5.41) is 3.33. The van der Waals surface area contributed by atoms with Crippen LogP contribution in [0.4, 0.5) is 4.39 Å². The van der Waals surface area contributed by atoms with Crippen LogP contribution in [-0.2, 0) is 0 Å². The standard InChI is InChI=1S/C13H13FN2S/c14-10-5-3-9(4-6-10)11-12(17)16-13(15-11)7-1-2-8-13/h3-6H,1-2,7-8H2,(H,16,17). The van der Waals surface area contributed by atoms with E-state index in [9.17, 15) is 4.39 Å². The van der Waals surface area contributed by atoms with E-state index in [-0.39, 0.29) is 11.5 Å². The van der Waals surface area contributed by atoms with Gasteiger partial charge in [-0.15, -0.1) is 0 Å². The molecule has 0 saturated heterocycles. The van der Waals surface area contributed by atoms with Gasteiger partial charge in [0.05, 0.1) is 0 Å². The molecule has 1 aromatic carbocycles. The maximum Gasteiger partial charge on any atom is 0.131 e. The number of rotatable bonds is 1. The van der Waals surface area contributed by atoms with Gasteiger partial charge in [0.2, 0.25) is 0 Å². The smallest absolute Gasteiger partial charge is 0.131 e. The van der Waals surface area contributed by atoms with Crippen LogP contribution in [-0.4, -0.2) is 16.4 Å². The van der Waals surface area contributed by atoms with Crippen molar-refractivity contribution in [3.05, 3.63) is 35.6 Å². The molecule has 1 saturated carbocycles. The van der Waals surface area contributed by atoms with Gasteiger partial charge in [0.1, 0.15) is 22.2 Å². The van der Waals surface area contributed by atoms with E-state index in [2.05, 4.69) is 5.32 Å². The SMILES string of the molecule is Fc1ccc(C2=NC3(CCCC3)NC2=S)cc1. The summed E-state index contributed by atoms with van der Waals surface area (Å²) >= 11 is 5.33. The van der Waals surface area contributed by atoms with Crippen LogP contribution in [0.1, 0.15) is 31.2 Å². The fourth-order valence-electron chi connectivity index (χ4n) is 2.56. The van der Waals surface area contributed by atoms with Gasteiger partial charge in [0.15, 0.2) is 0 Å². The van der Waals surface area contributed by atoms with E-state index in [1.165, 1.54) is 25.0 Å². The lowest BCUT2D eigenvalue weighted by atomic mass is 10.1. The van der Waals surface area contributed by atoms with Gasteiger partial charge in [-0.25, -0.2) is 4.39 Å². The largest absolute Gasteiger partial charge is 0.351 e. The van der Waals surface area contributed by atoms with Gasteiger partial charge in [-0.3, -0.25) is 4.99 Å². The molecule has 17 heavy (non-hydrogen) atoms. The minimum Gasteiger partial charge on any atom is -0.351 e. The highest BCUT2D eigenvalue weighted by molar-refractivity contribution is 7.82. The summed E-state index contributed by atoms with van der Waals surface area (Å²) in [6, 6.07) is 6.35. The number of benzene rings is 1. The fourth-order valence-corrected chi connectivity index (χ4v) is 2.92. The number of hydrogen-bond donors (Lipinski definition) is 1. The number of nitrogens with zero attached hydrogens (tertiary/aromatic N) is 1. The lowest BCUT2D eigenvalue weighted by Gasteiger charge is -2.19. The third-order valence-corrected chi connectivity index (χ3v) is 3.73. The summed E-state index contributed by atoms with van der Waals surface area (Å²) in [5.41, 5.74) is 1.54. The van der Waals surface area contributed by atoms with Crippen LogP contribution in [0.3, 0.4) is 0 Å². The van der Waals surface area contributed by atoms with Crippen molar-refractivity contribution in [1.29, 1.82) is 0 Å². The Bertz CT molecular complexity index is 487. The van der Waals surface area contributed by atoms with Gasteiger partial charge < -0.3 is 5.32 Å². The van der Waals surface area contributed by atoms with E-state index in [4.69, 9.17) is 17.2 Å². The van der Waals surface area contributed by atoms with Gasteiger partial charge in [-0.1, -0.05) is 12.2 Å². The summed E-state index contributed by atoms with van der Waals surface area (Å²) in [6.07, 6.45) is 4.46. The molecule has 1 N–H and O–H groups in total. The molecule has 0 bridgehead atoms. The molecule has 4 heteroatoms. The number of halogens is 1. The number of nitrogens with one attached hydrogen (secondary N) is 1. The van der Waals surface area contributed by atoms with Crippen LogP contribution in [0.5, 0.6) is 0 Å². The van der Waals surface area contributed by atoms with Crippen molar-refractivity contribution < 1.29 is 4.39 Å². The van der Waals surface area contributed by atoms with Crippen molar-refractivity contribution in [2.24, 2.45) is 4.99 Å². The molecule has 1 heterocycles. The molecule has 3 rings (SSSR count). The molecule has 0 amide bonds. The van der Waals surface area contributed by atoms with E-state index in [0.717, 1.165) is 24.1 Å². The molecule has 0 aromatic heterocycles. The van der Waals surface area contributed by atoms with Crippen LogP contribution in [0, 0.1) is 5.82 Å². The van der Waals surface area contributed by atoms with Gasteiger partial charge in [0, 0.05) is 5.56 Å². The minimum absolute atomic E-state index is 0.166. The second-order valence-electron chi connectivity index (χ2n) is 4.66. The minimum atomic E-state index is -0.234. The third-order valence-electron chi connectivity index (χ3n) is 3.44. The molecular formula is C13H13FN2S. The molecule has 2 aliphatic rings. The Hall–Kier alpha value is -1.29. The van der Waals surface area contributed by atoms with Gasteiger partial charge in [-0.05, 0) is 49.9 Å². The summed E-state index contributed by atoms with van der Waals surface area (Å²) in [6.45, 7) is 0. The molecule has 0 atom stereocenters. The highest BCUT2D eigenvalue weighted by Gasteiger charge is 2.39. The van der Waals surface area contributed by atoms with Crippen molar-refractivity contribution in [2.75, 3.05) is 0 Å². The quantitative estimate of drug-likeness (QED) is 0.773. The number of thiocarbonyl (C=S) groups is 1. The fraction of sp³-hybridized carbons (Fsp3) is 0.385. The van der Waals surface area contributed by atoms with Crippen molar-refractivity contribution in [2.45, 2.75) is 31.3 Å². The molecule has 1 spiro atoms. The highest BCUT2D eigenvalue weighted by Crippen LogP contribution is 2.34. The Labute approximate surface area is 105 Å². The van der Waals surface area contributed by atoms with Gasteiger partial charge in [-0.2, -0.15) is 0 Å². The summed E-state index contributed by atoms with van der Waals surface area (Å²) in [4.78, 5) is 5.43. The maximum atomic E-state index is 12.9. The molecule has 2 nitrogen and oxygen atoms in total. The molecule has 1 aromatic rings. The van der Waals surface area contributed by atoms with Crippen LogP contribution in [0.25, 0.3) is 0 Å². The Balaban J connectivity index is 1.97. The molecule has 1 fully saturated rings. The molecule has 1 aliphatic heterocycles. The first-order valence-electron chi connectivity index (χ1n) is 5.87.